The van der Waals surface area contributed by atoms with Gasteiger partial charge in [0.15, 0.2) is 5.82 Å². The van der Waals surface area contributed by atoms with Crippen LogP contribution in [-0.2, 0) is 11.2 Å². The van der Waals surface area contributed by atoms with Crippen molar-refractivity contribution in [3.05, 3.63) is 53.8 Å². The Kier molecular flexibility index (Phi) is 4.08. The first-order valence-corrected chi connectivity index (χ1v) is 8.34. The first kappa shape index (κ1) is 16.2. The molecule has 1 saturated heterocycles. The van der Waals surface area contributed by atoms with E-state index in [1.807, 2.05) is 18.2 Å². The maximum absolute atomic E-state index is 13.1. The summed E-state index contributed by atoms with van der Waals surface area (Å²) >= 11 is 0. The number of carbonyl (C=O) groups excluding carboxylic acids is 2. The standard InChI is InChI=1S/C18H17N5O3/c1-11-21-16(26-22-11)10-15-17(24)20-7-8-23(15)18(25)13-4-5-14-12(9-13)3-2-6-19-14/h2-6,9,15H,7-8,10H2,1H3,(H,20,24). The Bertz CT molecular complexity index is 984. The van der Waals surface area contributed by atoms with E-state index >= 15 is 0 Å². The Morgan fingerprint density at radius 2 is 2.27 bits per heavy atom. The van der Waals surface area contributed by atoms with Crippen LogP contribution in [0, 0.1) is 6.92 Å². The lowest BCUT2D eigenvalue weighted by Crippen LogP contribution is -2.58. The molecule has 0 radical (unpaired) electrons. The number of hydrogen-bond acceptors (Lipinski definition) is 6. The molecule has 0 spiro atoms. The van der Waals surface area contributed by atoms with Crippen molar-refractivity contribution < 1.29 is 14.1 Å². The molecule has 132 valence electrons. The van der Waals surface area contributed by atoms with Gasteiger partial charge in [0, 0.05) is 30.2 Å². The Morgan fingerprint density at radius 3 is 3.08 bits per heavy atom. The van der Waals surface area contributed by atoms with Crippen LogP contribution in [0.15, 0.2) is 41.1 Å². The van der Waals surface area contributed by atoms with Crippen molar-refractivity contribution in [2.45, 2.75) is 19.4 Å². The van der Waals surface area contributed by atoms with Crippen LogP contribution in [0.1, 0.15) is 22.1 Å². The fraction of sp³-hybridized carbons (Fsp3) is 0.278. The average Bonchev–Trinajstić information content (AvgIpc) is 3.07. The summed E-state index contributed by atoms with van der Waals surface area (Å²) in [4.78, 5) is 35.4. The van der Waals surface area contributed by atoms with Crippen molar-refractivity contribution in [3.63, 3.8) is 0 Å². The largest absolute Gasteiger partial charge is 0.353 e. The molecule has 8 heteroatoms. The van der Waals surface area contributed by atoms with Gasteiger partial charge in [0.2, 0.25) is 11.8 Å². The second kappa shape index (κ2) is 6.55. The maximum Gasteiger partial charge on any atom is 0.254 e. The highest BCUT2D eigenvalue weighted by Crippen LogP contribution is 2.18. The Morgan fingerprint density at radius 1 is 1.38 bits per heavy atom. The van der Waals surface area contributed by atoms with E-state index in [9.17, 15) is 9.59 Å². The first-order chi connectivity index (χ1) is 12.6. The zero-order chi connectivity index (χ0) is 18.1. The molecule has 2 aromatic heterocycles. The van der Waals surface area contributed by atoms with E-state index in [0.29, 0.717) is 30.4 Å². The highest BCUT2D eigenvalue weighted by Gasteiger charge is 2.35. The van der Waals surface area contributed by atoms with E-state index in [0.717, 1.165) is 10.9 Å². The van der Waals surface area contributed by atoms with E-state index in [-0.39, 0.29) is 18.2 Å². The lowest BCUT2D eigenvalue weighted by molar-refractivity contribution is -0.127. The summed E-state index contributed by atoms with van der Waals surface area (Å²) in [7, 11) is 0. The Balaban J connectivity index is 1.63. The number of aromatic nitrogens is 3. The number of aryl methyl sites for hydroxylation is 1. The molecule has 0 bridgehead atoms. The fourth-order valence-corrected chi connectivity index (χ4v) is 3.12. The first-order valence-electron chi connectivity index (χ1n) is 8.34. The zero-order valence-electron chi connectivity index (χ0n) is 14.2. The van der Waals surface area contributed by atoms with Gasteiger partial charge in [0.05, 0.1) is 11.9 Å². The van der Waals surface area contributed by atoms with E-state index < -0.39 is 6.04 Å². The Labute approximate surface area is 149 Å². The van der Waals surface area contributed by atoms with Crippen LogP contribution in [0.4, 0.5) is 0 Å². The van der Waals surface area contributed by atoms with Gasteiger partial charge in [-0.25, -0.2) is 0 Å². The maximum atomic E-state index is 13.1. The molecule has 1 fully saturated rings. The van der Waals surface area contributed by atoms with Gasteiger partial charge >= 0.3 is 0 Å². The zero-order valence-corrected chi connectivity index (χ0v) is 14.2. The quantitative estimate of drug-likeness (QED) is 0.758. The van der Waals surface area contributed by atoms with Crippen molar-refractivity contribution in [1.29, 1.82) is 0 Å². The third-order valence-electron chi connectivity index (χ3n) is 4.38. The number of amides is 2. The predicted molar refractivity (Wildman–Crippen MR) is 92.3 cm³/mol. The van der Waals surface area contributed by atoms with Crippen LogP contribution < -0.4 is 5.32 Å². The molecule has 3 aromatic rings. The van der Waals surface area contributed by atoms with Crippen LogP contribution in [0.3, 0.4) is 0 Å². The molecule has 0 saturated carbocycles. The number of nitrogens with zero attached hydrogens (tertiary/aromatic N) is 4. The van der Waals surface area contributed by atoms with Gasteiger partial charge in [0.1, 0.15) is 6.04 Å². The van der Waals surface area contributed by atoms with Crippen molar-refractivity contribution >= 4 is 22.7 Å². The van der Waals surface area contributed by atoms with Crippen molar-refractivity contribution in [1.82, 2.24) is 25.3 Å². The van der Waals surface area contributed by atoms with Gasteiger partial charge in [-0.1, -0.05) is 11.2 Å². The number of nitrogens with one attached hydrogen (secondary N) is 1. The minimum atomic E-state index is -0.680. The summed E-state index contributed by atoms with van der Waals surface area (Å²) in [6.45, 7) is 2.55. The van der Waals surface area contributed by atoms with Gasteiger partial charge in [-0.2, -0.15) is 4.98 Å². The number of benzene rings is 1. The number of rotatable bonds is 3. The van der Waals surface area contributed by atoms with Gasteiger partial charge < -0.3 is 14.7 Å². The monoisotopic (exact) mass is 351 g/mol. The second-order valence-electron chi connectivity index (χ2n) is 6.16. The molecule has 8 nitrogen and oxygen atoms in total. The normalized spacial score (nSPS) is 17.3. The lowest BCUT2D eigenvalue weighted by atomic mass is 10.0. The summed E-state index contributed by atoms with van der Waals surface area (Å²) < 4.78 is 5.12. The predicted octanol–water partition coefficient (Wildman–Crippen LogP) is 1.11. The highest BCUT2D eigenvalue weighted by atomic mass is 16.5. The summed E-state index contributed by atoms with van der Waals surface area (Å²) in [6.07, 6.45) is 1.90. The third kappa shape index (κ3) is 3.01. The molecule has 1 atom stereocenters. The smallest absolute Gasteiger partial charge is 0.254 e. The summed E-state index contributed by atoms with van der Waals surface area (Å²) in [6, 6.07) is 8.39. The van der Waals surface area contributed by atoms with E-state index in [2.05, 4.69) is 20.4 Å². The molecule has 1 aliphatic heterocycles. The minimum absolute atomic E-state index is 0.188. The third-order valence-corrected chi connectivity index (χ3v) is 4.38. The molecule has 2 amide bonds. The molecule has 26 heavy (non-hydrogen) atoms. The lowest BCUT2D eigenvalue weighted by Gasteiger charge is -2.34. The number of carbonyl (C=O) groups is 2. The van der Waals surface area contributed by atoms with Gasteiger partial charge in [-0.3, -0.25) is 14.6 Å². The second-order valence-corrected chi connectivity index (χ2v) is 6.16. The van der Waals surface area contributed by atoms with Crippen LogP contribution in [-0.4, -0.2) is 51.0 Å². The number of hydrogen-bond donors (Lipinski definition) is 1. The van der Waals surface area contributed by atoms with Gasteiger partial charge in [0.25, 0.3) is 5.91 Å². The molecule has 1 aromatic carbocycles. The molecule has 1 aliphatic rings. The average molecular weight is 351 g/mol. The van der Waals surface area contributed by atoms with Gasteiger partial charge in [-0.15, -0.1) is 0 Å². The summed E-state index contributed by atoms with van der Waals surface area (Å²) in [5.74, 6) is 0.413. The van der Waals surface area contributed by atoms with E-state index in [1.54, 1.807) is 30.2 Å². The molecule has 4 rings (SSSR count). The number of piperazine rings is 1. The van der Waals surface area contributed by atoms with Crippen molar-refractivity contribution in [2.75, 3.05) is 13.1 Å². The van der Waals surface area contributed by atoms with E-state index in [1.165, 1.54) is 0 Å². The highest BCUT2D eigenvalue weighted by molar-refractivity contribution is 6.00. The molecule has 1 unspecified atom stereocenters. The SMILES string of the molecule is Cc1noc(CC2C(=O)NCCN2C(=O)c2ccc3ncccc3c2)n1. The minimum Gasteiger partial charge on any atom is -0.353 e. The topological polar surface area (TPSA) is 101 Å². The molecule has 1 N–H and O–H groups in total. The van der Waals surface area contributed by atoms with Gasteiger partial charge in [-0.05, 0) is 31.2 Å². The molecular weight excluding hydrogens is 334 g/mol. The molecule has 0 aliphatic carbocycles. The number of fused-ring (bicyclic) bond motifs is 1. The van der Waals surface area contributed by atoms with Crippen molar-refractivity contribution in [2.24, 2.45) is 0 Å². The fourth-order valence-electron chi connectivity index (χ4n) is 3.12. The van der Waals surface area contributed by atoms with Crippen LogP contribution in [0.25, 0.3) is 10.9 Å². The molecular formula is C18H17N5O3. The number of pyridine rings is 1. The molecule has 3 heterocycles. The van der Waals surface area contributed by atoms with Crippen LogP contribution >= 0.6 is 0 Å². The van der Waals surface area contributed by atoms with Crippen molar-refractivity contribution in [3.8, 4) is 0 Å². The van der Waals surface area contributed by atoms with Crippen LogP contribution in [0.5, 0.6) is 0 Å². The Hall–Kier alpha value is -3.29. The summed E-state index contributed by atoms with van der Waals surface area (Å²) in [5, 5.41) is 7.41. The van der Waals surface area contributed by atoms with Crippen LogP contribution in [0.2, 0.25) is 0 Å². The van der Waals surface area contributed by atoms with E-state index in [4.69, 9.17) is 4.52 Å². The summed E-state index contributed by atoms with van der Waals surface area (Å²) in [5.41, 5.74) is 1.34.